The molecule has 1 atom stereocenters. The summed E-state index contributed by atoms with van der Waals surface area (Å²) in [5.41, 5.74) is -0.141. The maximum atomic E-state index is 12.5. The second-order valence-corrected chi connectivity index (χ2v) is 7.21. The molecule has 108 valence electrons. The van der Waals surface area contributed by atoms with Crippen LogP contribution in [0.4, 0.5) is 0 Å². The van der Waals surface area contributed by atoms with Crippen LogP contribution < -0.4 is 5.32 Å². The molecule has 4 nitrogen and oxygen atoms in total. The van der Waals surface area contributed by atoms with Crippen molar-refractivity contribution in [2.75, 3.05) is 37.7 Å². The summed E-state index contributed by atoms with van der Waals surface area (Å²) in [4.78, 5) is 17.1. The lowest BCUT2D eigenvalue weighted by molar-refractivity contribution is -0.131. The molecule has 19 heavy (non-hydrogen) atoms. The van der Waals surface area contributed by atoms with Crippen molar-refractivity contribution in [3.05, 3.63) is 0 Å². The van der Waals surface area contributed by atoms with Gasteiger partial charge in [-0.1, -0.05) is 13.3 Å². The molecule has 1 aliphatic carbocycles. The van der Waals surface area contributed by atoms with Gasteiger partial charge in [-0.3, -0.25) is 15.0 Å². The molecule has 3 rings (SSSR count). The van der Waals surface area contributed by atoms with Crippen molar-refractivity contribution >= 4 is 17.7 Å². The lowest BCUT2D eigenvalue weighted by Crippen LogP contribution is -2.44. The highest BCUT2D eigenvalue weighted by Crippen LogP contribution is 2.42. The Balaban J connectivity index is 1.56. The topological polar surface area (TPSA) is 35.6 Å². The maximum absolute atomic E-state index is 12.5. The van der Waals surface area contributed by atoms with Gasteiger partial charge < -0.3 is 4.90 Å². The highest BCUT2D eigenvalue weighted by atomic mass is 32.2. The molecule has 3 fully saturated rings. The standard InChI is InChI=1S/C14H25N3OS/c1-2-3-12-15-14(4-5-14)13(18)17(12)7-6-16-8-10-19-11-9-16/h12,15H,2-11H2,1H3. The number of nitrogens with one attached hydrogen (secondary N) is 1. The Labute approximate surface area is 120 Å². The third-order valence-corrected chi connectivity index (χ3v) is 5.50. The van der Waals surface area contributed by atoms with Gasteiger partial charge >= 0.3 is 0 Å². The van der Waals surface area contributed by atoms with Crippen molar-refractivity contribution in [1.29, 1.82) is 0 Å². The van der Waals surface area contributed by atoms with Crippen molar-refractivity contribution in [2.45, 2.75) is 44.3 Å². The van der Waals surface area contributed by atoms with Crippen LogP contribution in [0.25, 0.3) is 0 Å². The van der Waals surface area contributed by atoms with E-state index in [1.54, 1.807) is 0 Å². The van der Waals surface area contributed by atoms with Crippen LogP contribution in [0.1, 0.15) is 32.6 Å². The van der Waals surface area contributed by atoms with Crippen LogP contribution in [-0.2, 0) is 4.79 Å². The SMILES string of the molecule is CCCC1NC2(CC2)C(=O)N1CCN1CCSCC1. The molecule has 1 unspecified atom stereocenters. The smallest absolute Gasteiger partial charge is 0.244 e. The predicted molar refractivity (Wildman–Crippen MR) is 79.3 cm³/mol. The van der Waals surface area contributed by atoms with E-state index in [4.69, 9.17) is 0 Å². The summed E-state index contributed by atoms with van der Waals surface area (Å²) in [6.07, 6.45) is 4.60. The minimum Gasteiger partial charge on any atom is -0.324 e. The van der Waals surface area contributed by atoms with Gasteiger partial charge in [0, 0.05) is 37.7 Å². The van der Waals surface area contributed by atoms with E-state index in [0.717, 1.165) is 38.8 Å². The second-order valence-electron chi connectivity index (χ2n) is 5.98. The highest BCUT2D eigenvalue weighted by Gasteiger charge is 2.58. The molecule has 2 aliphatic heterocycles. The van der Waals surface area contributed by atoms with Gasteiger partial charge in [0.1, 0.15) is 0 Å². The first kappa shape index (κ1) is 13.7. The van der Waals surface area contributed by atoms with E-state index < -0.39 is 0 Å². The lowest BCUT2D eigenvalue weighted by Gasteiger charge is -2.30. The Bertz CT molecular complexity index is 340. The minimum atomic E-state index is -0.141. The van der Waals surface area contributed by atoms with Crippen molar-refractivity contribution in [2.24, 2.45) is 0 Å². The number of hydrogen-bond acceptors (Lipinski definition) is 4. The second kappa shape index (κ2) is 5.62. The Kier molecular flexibility index (Phi) is 4.06. The van der Waals surface area contributed by atoms with Crippen LogP contribution in [0.2, 0.25) is 0 Å². The summed E-state index contributed by atoms with van der Waals surface area (Å²) in [5, 5.41) is 3.58. The maximum Gasteiger partial charge on any atom is 0.244 e. The highest BCUT2D eigenvalue weighted by molar-refractivity contribution is 7.99. The van der Waals surface area contributed by atoms with Crippen molar-refractivity contribution in [1.82, 2.24) is 15.1 Å². The number of nitrogens with zero attached hydrogens (tertiary/aromatic N) is 2. The fraction of sp³-hybridized carbons (Fsp3) is 0.929. The Morgan fingerprint density at radius 2 is 2.05 bits per heavy atom. The summed E-state index contributed by atoms with van der Waals surface area (Å²) in [6, 6.07) is 0. The van der Waals surface area contributed by atoms with Crippen molar-refractivity contribution in [3.8, 4) is 0 Å². The number of carbonyl (C=O) groups is 1. The zero-order valence-electron chi connectivity index (χ0n) is 11.9. The van der Waals surface area contributed by atoms with Gasteiger partial charge in [0.25, 0.3) is 0 Å². The molecule has 1 saturated carbocycles. The van der Waals surface area contributed by atoms with Gasteiger partial charge in [-0.15, -0.1) is 0 Å². The van der Waals surface area contributed by atoms with Gasteiger partial charge in [-0.25, -0.2) is 0 Å². The number of carbonyl (C=O) groups excluding carboxylic acids is 1. The zero-order chi connectivity index (χ0) is 13.3. The van der Waals surface area contributed by atoms with Crippen LogP contribution in [0, 0.1) is 0 Å². The van der Waals surface area contributed by atoms with E-state index >= 15 is 0 Å². The first-order valence-electron chi connectivity index (χ1n) is 7.64. The fourth-order valence-electron chi connectivity index (χ4n) is 3.19. The molecular weight excluding hydrogens is 258 g/mol. The third-order valence-electron chi connectivity index (χ3n) is 4.56. The summed E-state index contributed by atoms with van der Waals surface area (Å²) in [5.74, 6) is 2.86. The Morgan fingerprint density at radius 1 is 1.32 bits per heavy atom. The monoisotopic (exact) mass is 283 g/mol. The van der Waals surface area contributed by atoms with Crippen LogP contribution in [0.15, 0.2) is 0 Å². The molecule has 5 heteroatoms. The molecule has 2 heterocycles. The van der Waals surface area contributed by atoms with Gasteiger partial charge in [0.15, 0.2) is 0 Å². The van der Waals surface area contributed by atoms with Gasteiger partial charge in [-0.05, 0) is 19.3 Å². The third kappa shape index (κ3) is 2.78. The molecule has 1 amide bonds. The van der Waals surface area contributed by atoms with E-state index in [9.17, 15) is 4.79 Å². The molecule has 0 aromatic heterocycles. The largest absolute Gasteiger partial charge is 0.324 e. The quantitative estimate of drug-likeness (QED) is 0.820. The summed E-state index contributed by atoms with van der Waals surface area (Å²) in [7, 11) is 0. The zero-order valence-corrected chi connectivity index (χ0v) is 12.7. The normalized spacial score (nSPS) is 30.3. The van der Waals surface area contributed by atoms with E-state index in [1.807, 2.05) is 11.8 Å². The summed E-state index contributed by atoms with van der Waals surface area (Å²) in [6.45, 7) is 6.52. The van der Waals surface area contributed by atoms with Crippen LogP contribution >= 0.6 is 11.8 Å². The molecule has 0 bridgehead atoms. The molecule has 1 N–H and O–H groups in total. The molecule has 1 spiro atoms. The average Bonchev–Trinajstić information content (AvgIpc) is 3.15. The van der Waals surface area contributed by atoms with E-state index in [0.29, 0.717) is 12.1 Å². The molecule has 0 aromatic rings. The Morgan fingerprint density at radius 3 is 2.68 bits per heavy atom. The van der Waals surface area contributed by atoms with Crippen molar-refractivity contribution in [3.63, 3.8) is 0 Å². The van der Waals surface area contributed by atoms with Crippen LogP contribution in [0.3, 0.4) is 0 Å². The number of amides is 1. The summed E-state index contributed by atoms with van der Waals surface area (Å²) < 4.78 is 0. The Hall–Kier alpha value is -0.260. The van der Waals surface area contributed by atoms with E-state index in [-0.39, 0.29) is 5.54 Å². The number of hydrogen-bond donors (Lipinski definition) is 1. The molecule has 0 aromatic carbocycles. The van der Waals surface area contributed by atoms with Gasteiger partial charge in [-0.2, -0.15) is 11.8 Å². The van der Waals surface area contributed by atoms with Gasteiger partial charge in [0.2, 0.25) is 5.91 Å². The molecule has 0 radical (unpaired) electrons. The van der Waals surface area contributed by atoms with Crippen LogP contribution in [0.5, 0.6) is 0 Å². The van der Waals surface area contributed by atoms with Crippen molar-refractivity contribution < 1.29 is 4.79 Å². The average molecular weight is 283 g/mol. The number of rotatable bonds is 5. The van der Waals surface area contributed by atoms with Gasteiger partial charge in [0.05, 0.1) is 11.7 Å². The number of thioether (sulfide) groups is 1. The first-order chi connectivity index (χ1) is 9.25. The predicted octanol–water partition coefficient (Wildman–Crippen LogP) is 1.13. The van der Waals surface area contributed by atoms with Crippen LogP contribution in [-0.4, -0.2) is 65.1 Å². The molecular formula is C14H25N3OS. The van der Waals surface area contributed by atoms with E-state index in [1.165, 1.54) is 24.6 Å². The molecule has 3 aliphatic rings. The summed E-state index contributed by atoms with van der Waals surface area (Å²) >= 11 is 2.04. The van der Waals surface area contributed by atoms with E-state index in [2.05, 4.69) is 22.0 Å². The lowest BCUT2D eigenvalue weighted by atomic mass is 10.2. The minimum absolute atomic E-state index is 0.141. The molecule has 2 saturated heterocycles. The first-order valence-corrected chi connectivity index (χ1v) is 8.79. The fourth-order valence-corrected chi connectivity index (χ4v) is 4.17.